The van der Waals surface area contributed by atoms with Crippen molar-refractivity contribution in [2.45, 2.75) is 33.4 Å². The van der Waals surface area contributed by atoms with Crippen molar-refractivity contribution in [3.63, 3.8) is 0 Å². The van der Waals surface area contributed by atoms with Crippen LogP contribution in [0.5, 0.6) is 0 Å². The standard InChI is InChI=1S/C20H22N4O2/c1-13-4-7-16(8-5-13)19(25)12-24-11-18(22-23-24)20(26)21-17-9-6-14(2)15(3)10-17/h4-11,19,25H,12H2,1-3H3,(H,21,26). The molecule has 26 heavy (non-hydrogen) atoms. The summed E-state index contributed by atoms with van der Waals surface area (Å²) in [5.41, 5.74) is 5.12. The molecule has 0 bridgehead atoms. The molecule has 134 valence electrons. The number of carbonyl (C=O) groups is 1. The predicted octanol–water partition coefficient (Wildman–Crippen LogP) is 3.19. The highest BCUT2D eigenvalue weighted by Gasteiger charge is 2.14. The van der Waals surface area contributed by atoms with Crippen LogP contribution >= 0.6 is 0 Å². The summed E-state index contributed by atoms with van der Waals surface area (Å²) in [6, 6.07) is 13.4. The summed E-state index contributed by atoms with van der Waals surface area (Å²) in [6.45, 7) is 6.24. The number of aliphatic hydroxyl groups excluding tert-OH is 1. The molecule has 6 nitrogen and oxygen atoms in total. The van der Waals surface area contributed by atoms with Gasteiger partial charge in [-0.2, -0.15) is 0 Å². The maximum absolute atomic E-state index is 12.3. The van der Waals surface area contributed by atoms with Crippen LogP contribution in [0, 0.1) is 20.8 Å². The van der Waals surface area contributed by atoms with Crippen molar-refractivity contribution >= 4 is 11.6 Å². The molecule has 1 amide bonds. The van der Waals surface area contributed by atoms with Gasteiger partial charge in [-0.1, -0.05) is 41.1 Å². The molecule has 1 aromatic heterocycles. The maximum Gasteiger partial charge on any atom is 0.277 e. The molecule has 0 aliphatic carbocycles. The largest absolute Gasteiger partial charge is 0.386 e. The number of carbonyl (C=O) groups excluding carboxylic acids is 1. The Morgan fingerprint density at radius 1 is 1.12 bits per heavy atom. The maximum atomic E-state index is 12.3. The van der Waals surface area contributed by atoms with Crippen molar-refractivity contribution in [2.24, 2.45) is 0 Å². The average Bonchev–Trinajstić information content (AvgIpc) is 3.07. The van der Waals surface area contributed by atoms with E-state index in [0.717, 1.165) is 16.7 Å². The Morgan fingerprint density at radius 3 is 2.54 bits per heavy atom. The van der Waals surface area contributed by atoms with Crippen molar-refractivity contribution in [3.8, 4) is 0 Å². The van der Waals surface area contributed by atoms with E-state index in [9.17, 15) is 9.90 Å². The van der Waals surface area contributed by atoms with Gasteiger partial charge in [0.15, 0.2) is 5.69 Å². The van der Waals surface area contributed by atoms with Gasteiger partial charge >= 0.3 is 0 Å². The van der Waals surface area contributed by atoms with Gasteiger partial charge in [-0.15, -0.1) is 5.10 Å². The van der Waals surface area contributed by atoms with Crippen LogP contribution in [0.2, 0.25) is 0 Å². The SMILES string of the molecule is Cc1ccc(C(O)Cn2cc(C(=O)Nc3ccc(C)c(C)c3)nn2)cc1. The van der Waals surface area contributed by atoms with Crippen LogP contribution < -0.4 is 5.32 Å². The molecule has 6 heteroatoms. The minimum absolute atomic E-state index is 0.208. The van der Waals surface area contributed by atoms with Gasteiger partial charge in [0.05, 0.1) is 18.8 Å². The molecule has 0 radical (unpaired) electrons. The highest BCUT2D eigenvalue weighted by molar-refractivity contribution is 6.02. The molecule has 0 aliphatic heterocycles. The number of nitrogens with zero attached hydrogens (tertiary/aromatic N) is 3. The molecule has 0 saturated carbocycles. The van der Waals surface area contributed by atoms with E-state index in [1.54, 1.807) is 0 Å². The van der Waals surface area contributed by atoms with Crippen molar-refractivity contribution in [2.75, 3.05) is 5.32 Å². The van der Waals surface area contributed by atoms with E-state index in [-0.39, 0.29) is 18.1 Å². The Labute approximate surface area is 152 Å². The molecule has 3 rings (SSSR count). The molecule has 0 spiro atoms. The second kappa shape index (κ2) is 7.49. The van der Waals surface area contributed by atoms with Crippen LogP contribution in [0.1, 0.15) is 38.8 Å². The molecular weight excluding hydrogens is 328 g/mol. The number of aliphatic hydroxyl groups is 1. The topological polar surface area (TPSA) is 80.0 Å². The van der Waals surface area contributed by atoms with Crippen LogP contribution in [0.25, 0.3) is 0 Å². The second-order valence-electron chi connectivity index (χ2n) is 6.51. The van der Waals surface area contributed by atoms with E-state index in [1.807, 2.05) is 63.2 Å². The number of hydrogen-bond acceptors (Lipinski definition) is 4. The van der Waals surface area contributed by atoms with Gasteiger partial charge in [0.2, 0.25) is 0 Å². The minimum atomic E-state index is -0.715. The van der Waals surface area contributed by atoms with Gasteiger partial charge < -0.3 is 10.4 Å². The Morgan fingerprint density at radius 2 is 1.85 bits per heavy atom. The van der Waals surface area contributed by atoms with Crippen molar-refractivity contribution in [1.82, 2.24) is 15.0 Å². The highest BCUT2D eigenvalue weighted by Crippen LogP contribution is 2.17. The fourth-order valence-corrected chi connectivity index (χ4v) is 2.58. The molecular formula is C20H22N4O2. The summed E-state index contributed by atoms with van der Waals surface area (Å²) >= 11 is 0. The number of benzene rings is 2. The molecule has 1 atom stereocenters. The van der Waals surface area contributed by atoms with Gasteiger partial charge in [-0.25, -0.2) is 4.68 Å². The zero-order valence-corrected chi connectivity index (χ0v) is 15.1. The Bertz CT molecular complexity index is 916. The first-order chi connectivity index (χ1) is 12.4. The number of nitrogens with one attached hydrogen (secondary N) is 1. The third-order valence-electron chi connectivity index (χ3n) is 4.36. The lowest BCUT2D eigenvalue weighted by Gasteiger charge is -2.10. The van der Waals surface area contributed by atoms with Gasteiger partial charge in [0.1, 0.15) is 0 Å². The first kappa shape index (κ1) is 17.8. The van der Waals surface area contributed by atoms with Crippen LogP contribution in [-0.2, 0) is 6.54 Å². The van der Waals surface area contributed by atoms with Gasteiger partial charge in [0.25, 0.3) is 5.91 Å². The van der Waals surface area contributed by atoms with E-state index in [2.05, 4.69) is 15.6 Å². The summed E-state index contributed by atoms with van der Waals surface area (Å²) in [4.78, 5) is 12.3. The lowest BCUT2D eigenvalue weighted by Crippen LogP contribution is -2.13. The van der Waals surface area contributed by atoms with Crippen LogP contribution in [0.15, 0.2) is 48.7 Å². The number of anilines is 1. The Hall–Kier alpha value is -2.99. The first-order valence-electron chi connectivity index (χ1n) is 8.46. The number of aromatic nitrogens is 3. The quantitative estimate of drug-likeness (QED) is 0.740. The number of hydrogen-bond donors (Lipinski definition) is 2. The molecule has 1 unspecified atom stereocenters. The molecule has 0 fully saturated rings. The van der Waals surface area contributed by atoms with Gasteiger partial charge in [0, 0.05) is 5.69 Å². The summed E-state index contributed by atoms with van der Waals surface area (Å²) in [6.07, 6.45) is 0.821. The summed E-state index contributed by atoms with van der Waals surface area (Å²) in [5, 5.41) is 21.0. The van der Waals surface area contributed by atoms with Crippen molar-refractivity contribution in [1.29, 1.82) is 0 Å². The normalized spacial score (nSPS) is 12.0. The van der Waals surface area contributed by atoms with Crippen molar-refractivity contribution < 1.29 is 9.90 Å². The Kier molecular flexibility index (Phi) is 5.14. The third-order valence-corrected chi connectivity index (χ3v) is 4.36. The first-order valence-corrected chi connectivity index (χ1v) is 8.46. The van der Waals surface area contributed by atoms with Crippen molar-refractivity contribution in [3.05, 3.63) is 76.6 Å². The molecule has 0 saturated heterocycles. The zero-order chi connectivity index (χ0) is 18.7. The predicted molar refractivity (Wildman–Crippen MR) is 100 cm³/mol. The molecule has 0 aliphatic rings. The van der Waals surface area contributed by atoms with E-state index in [4.69, 9.17) is 0 Å². The van der Waals surface area contributed by atoms with E-state index < -0.39 is 6.10 Å². The average molecular weight is 350 g/mol. The van der Waals surface area contributed by atoms with Crippen LogP contribution in [0.4, 0.5) is 5.69 Å². The fourth-order valence-electron chi connectivity index (χ4n) is 2.58. The second-order valence-corrected chi connectivity index (χ2v) is 6.51. The number of rotatable bonds is 5. The third kappa shape index (κ3) is 4.15. The highest BCUT2D eigenvalue weighted by atomic mass is 16.3. The lowest BCUT2D eigenvalue weighted by molar-refractivity contribution is 0.102. The fraction of sp³-hybridized carbons (Fsp3) is 0.250. The van der Waals surface area contributed by atoms with Crippen LogP contribution in [0.3, 0.4) is 0 Å². The monoisotopic (exact) mass is 350 g/mol. The Balaban J connectivity index is 1.65. The molecule has 3 aromatic rings. The number of amides is 1. The van der Waals surface area contributed by atoms with E-state index in [0.29, 0.717) is 5.69 Å². The smallest absolute Gasteiger partial charge is 0.277 e. The molecule has 2 aromatic carbocycles. The summed E-state index contributed by atoms with van der Waals surface area (Å²) in [7, 11) is 0. The molecule has 1 heterocycles. The number of aryl methyl sites for hydroxylation is 3. The van der Waals surface area contributed by atoms with E-state index >= 15 is 0 Å². The summed E-state index contributed by atoms with van der Waals surface area (Å²) in [5.74, 6) is -0.329. The van der Waals surface area contributed by atoms with E-state index in [1.165, 1.54) is 16.4 Å². The van der Waals surface area contributed by atoms with Gasteiger partial charge in [-0.3, -0.25) is 4.79 Å². The molecule has 2 N–H and O–H groups in total. The lowest BCUT2D eigenvalue weighted by atomic mass is 10.1. The van der Waals surface area contributed by atoms with Crippen LogP contribution in [-0.4, -0.2) is 26.0 Å². The zero-order valence-electron chi connectivity index (χ0n) is 15.1. The van der Waals surface area contributed by atoms with Gasteiger partial charge in [-0.05, 0) is 49.6 Å². The summed E-state index contributed by atoms with van der Waals surface area (Å²) < 4.78 is 1.47. The minimum Gasteiger partial charge on any atom is -0.386 e.